The minimum absolute atomic E-state index is 0.377. The Labute approximate surface area is 102 Å². The summed E-state index contributed by atoms with van der Waals surface area (Å²) in [6, 6.07) is 2.22. The molecule has 1 aromatic rings. The van der Waals surface area contributed by atoms with E-state index in [1.165, 1.54) is 0 Å². The molecule has 0 fully saturated rings. The van der Waals surface area contributed by atoms with Crippen molar-refractivity contribution in [2.45, 2.75) is 33.2 Å². The zero-order valence-electron chi connectivity index (χ0n) is 10.0. The molecule has 0 aromatic carbocycles. The van der Waals surface area contributed by atoms with Gasteiger partial charge < -0.3 is 11.1 Å². The van der Waals surface area contributed by atoms with E-state index in [4.69, 9.17) is 18.0 Å². The van der Waals surface area contributed by atoms with Crippen LogP contribution in [-0.2, 0) is 0 Å². The predicted molar refractivity (Wildman–Crippen MR) is 72.7 cm³/mol. The molecule has 2 atom stereocenters. The van der Waals surface area contributed by atoms with E-state index in [1.54, 1.807) is 12.4 Å². The maximum Gasteiger partial charge on any atom is 0.106 e. The summed E-state index contributed by atoms with van der Waals surface area (Å²) in [5.41, 5.74) is 7.44. The Bertz CT molecular complexity index is 365. The van der Waals surface area contributed by atoms with Crippen molar-refractivity contribution in [1.29, 1.82) is 0 Å². The van der Waals surface area contributed by atoms with Crippen molar-refractivity contribution in [1.82, 2.24) is 4.98 Å². The van der Waals surface area contributed by atoms with Crippen molar-refractivity contribution >= 4 is 22.9 Å². The Kier molecular flexibility index (Phi) is 4.68. The molecular weight excluding hydrogens is 218 g/mol. The number of aromatic nitrogens is 1. The quantitative estimate of drug-likeness (QED) is 0.773. The van der Waals surface area contributed by atoms with Crippen molar-refractivity contribution in [3.05, 3.63) is 24.0 Å². The fourth-order valence-electron chi connectivity index (χ4n) is 1.47. The van der Waals surface area contributed by atoms with Crippen LogP contribution in [0.5, 0.6) is 0 Å². The summed E-state index contributed by atoms with van der Waals surface area (Å²) in [6.07, 6.45) is 4.61. The van der Waals surface area contributed by atoms with Crippen LogP contribution in [0.2, 0.25) is 0 Å². The van der Waals surface area contributed by atoms with Gasteiger partial charge in [-0.25, -0.2) is 0 Å². The van der Waals surface area contributed by atoms with E-state index in [-0.39, 0.29) is 0 Å². The van der Waals surface area contributed by atoms with Gasteiger partial charge >= 0.3 is 0 Å². The maximum absolute atomic E-state index is 5.66. The van der Waals surface area contributed by atoms with Gasteiger partial charge in [0.2, 0.25) is 0 Å². The average molecular weight is 237 g/mol. The van der Waals surface area contributed by atoms with Crippen LogP contribution in [0.25, 0.3) is 0 Å². The smallest absolute Gasteiger partial charge is 0.106 e. The first-order valence-corrected chi connectivity index (χ1v) is 5.97. The van der Waals surface area contributed by atoms with Crippen LogP contribution in [-0.4, -0.2) is 16.0 Å². The number of hydrogen-bond acceptors (Lipinski definition) is 3. The third kappa shape index (κ3) is 3.17. The highest BCUT2D eigenvalue weighted by atomic mass is 32.1. The number of rotatable bonds is 5. The second-order valence-corrected chi connectivity index (χ2v) is 4.54. The van der Waals surface area contributed by atoms with Gasteiger partial charge in [-0.3, -0.25) is 4.98 Å². The molecule has 0 radical (unpaired) electrons. The second kappa shape index (κ2) is 5.80. The van der Waals surface area contributed by atoms with Crippen molar-refractivity contribution in [3.63, 3.8) is 0 Å². The van der Waals surface area contributed by atoms with Crippen molar-refractivity contribution < 1.29 is 0 Å². The Morgan fingerprint density at radius 1 is 1.56 bits per heavy atom. The van der Waals surface area contributed by atoms with Crippen LogP contribution in [0.15, 0.2) is 18.5 Å². The van der Waals surface area contributed by atoms with Gasteiger partial charge in [-0.15, -0.1) is 0 Å². The molecule has 0 bridgehead atoms. The summed E-state index contributed by atoms with van der Waals surface area (Å²) in [4.78, 5) is 4.49. The molecule has 0 saturated heterocycles. The lowest BCUT2D eigenvalue weighted by molar-refractivity contribution is 0.494. The summed E-state index contributed by atoms with van der Waals surface area (Å²) in [5.74, 6) is 0.597. The van der Waals surface area contributed by atoms with Gasteiger partial charge in [0.25, 0.3) is 0 Å². The van der Waals surface area contributed by atoms with Gasteiger partial charge in [-0.2, -0.15) is 0 Å². The standard InChI is InChI=1S/C12H19N3S/c1-4-8(2)9(3)15-11-7-14-6-5-10(11)12(13)16/h5-9,15H,4H2,1-3H3,(H2,13,16). The highest BCUT2D eigenvalue weighted by Crippen LogP contribution is 2.18. The van der Waals surface area contributed by atoms with Crippen LogP contribution in [0.1, 0.15) is 32.8 Å². The van der Waals surface area contributed by atoms with Gasteiger partial charge in [-0.05, 0) is 18.9 Å². The zero-order valence-corrected chi connectivity index (χ0v) is 10.8. The van der Waals surface area contributed by atoms with E-state index in [9.17, 15) is 0 Å². The topological polar surface area (TPSA) is 50.9 Å². The van der Waals surface area contributed by atoms with Crippen LogP contribution in [0.3, 0.4) is 0 Å². The normalized spacial score (nSPS) is 14.2. The monoisotopic (exact) mass is 237 g/mol. The molecule has 0 amide bonds. The Hall–Kier alpha value is -1.16. The number of nitrogens with zero attached hydrogens (tertiary/aromatic N) is 1. The molecule has 4 heteroatoms. The molecule has 0 aliphatic heterocycles. The molecule has 0 saturated carbocycles. The molecule has 2 unspecified atom stereocenters. The van der Waals surface area contributed by atoms with E-state index >= 15 is 0 Å². The van der Waals surface area contributed by atoms with Crippen LogP contribution < -0.4 is 11.1 Å². The molecule has 1 aromatic heterocycles. The summed E-state index contributed by atoms with van der Waals surface area (Å²) in [5, 5.41) is 3.41. The number of nitrogens with two attached hydrogens (primary N) is 1. The Balaban J connectivity index is 2.84. The number of hydrogen-bond donors (Lipinski definition) is 2. The lowest BCUT2D eigenvalue weighted by Gasteiger charge is -2.22. The van der Waals surface area contributed by atoms with Gasteiger partial charge in [0, 0.05) is 17.8 Å². The molecule has 3 nitrogen and oxygen atoms in total. The summed E-state index contributed by atoms with van der Waals surface area (Å²) < 4.78 is 0. The van der Waals surface area contributed by atoms with Crippen molar-refractivity contribution in [2.75, 3.05) is 5.32 Å². The van der Waals surface area contributed by atoms with Gasteiger partial charge in [0.05, 0.1) is 11.9 Å². The zero-order chi connectivity index (χ0) is 12.1. The number of nitrogens with one attached hydrogen (secondary N) is 1. The molecule has 1 rings (SSSR count). The predicted octanol–water partition coefficient (Wildman–Crippen LogP) is 2.56. The fraction of sp³-hybridized carbons (Fsp3) is 0.500. The molecule has 0 aliphatic carbocycles. The minimum Gasteiger partial charge on any atom is -0.389 e. The van der Waals surface area contributed by atoms with E-state index in [0.29, 0.717) is 16.9 Å². The fourth-order valence-corrected chi connectivity index (χ4v) is 1.64. The Morgan fingerprint density at radius 3 is 2.81 bits per heavy atom. The average Bonchev–Trinajstić information content (AvgIpc) is 2.28. The highest BCUT2D eigenvalue weighted by Gasteiger charge is 2.12. The lowest BCUT2D eigenvalue weighted by atomic mass is 10.0. The molecule has 0 aliphatic rings. The first-order valence-electron chi connectivity index (χ1n) is 5.56. The molecule has 16 heavy (non-hydrogen) atoms. The first-order chi connectivity index (χ1) is 7.56. The Morgan fingerprint density at radius 2 is 2.25 bits per heavy atom. The van der Waals surface area contributed by atoms with E-state index in [1.807, 2.05) is 6.07 Å². The third-order valence-corrected chi connectivity index (χ3v) is 3.19. The van der Waals surface area contributed by atoms with Crippen LogP contribution in [0.4, 0.5) is 5.69 Å². The van der Waals surface area contributed by atoms with E-state index in [0.717, 1.165) is 17.7 Å². The number of thiocarbonyl (C=S) groups is 1. The minimum atomic E-state index is 0.377. The van der Waals surface area contributed by atoms with Crippen LogP contribution >= 0.6 is 12.2 Å². The highest BCUT2D eigenvalue weighted by molar-refractivity contribution is 7.80. The summed E-state index contributed by atoms with van der Waals surface area (Å²) in [6.45, 7) is 6.56. The summed E-state index contributed by atoms with van der Waals surface area (Å²) >= 11 is 5.01. The molecule has 3 N–H and O–H groups in total. The SMILES string of the molecule is CCC(C)C(C)Nc1cnccc1C(N)=S. The maximum atomic E-state index is 5.66. The van der Waals surface area contributed by atoms with E-state index < -0.39 is 0 Å². The molecule has 0 spiro atoms. The van der Waals surface area contributed by atoms with Gasteiger partial charge in [-0.1, -0.05) is 32.5 Å². The van der Waals surface area contributed by atoms with E-state index in [2.05, 4.69) is 31.1 Å². The number of pyridine rings is 1. The first kappa shape index (κ1) is 12.9. The largest absolute Gasteiger partial charge is 0.389 e. The second-order valence-electron chi connectivity index (χ2n) is 4.10. The number of anilines is 1. The van der Waals surface area contributed by atoms with Crippen molar-refractivity contribution in [3.8, 4) is 0 Å². The van der Waals surface area contributed by atoms with Gasteiger partial charge in [0.1, 0.15) is 4.99 Å². The van der Waals surface area contributed by atoms with Gasteiger partial charge in [0.15, 0.2) is 0 Å². The lowest BCUT2D eigenvalue weighted by Crippen LogP contribution is -2.25. The summed E-state index contributed by atoms with van der Waals surface area (Å²) in [7, 11) is 0. The van der Waals surface area contributed by atoms with Crippen molar-refractivity contribution in [2.24, 2.45) is 11.7 Å². The molecule has 88 valence electrons. The third-order valence-electron chi connectivity index (χ3n) is 2.97. The molecule has 1 heterocycles. The molecular formula is C12H19N3S. The van der Waals surface area contributed by atoms with Crippen LogP contribution in [0, 0.1) is 5.92 Å².